The van der Waals surface area contributed by atoms with E-state index in [2.05, 4.69) is 15.0 Å². The highest BCUT2D eigenvalue weighted by Gasteiger charge is 2.20. The van der Waals surface area contributed by atoms with Gasteiger partial charge in [0, 0.05) is 37.0 Å². The number of benzene rings is 1. The third-order valence-corrected chi connectivity index (χ3v) is 5.87. The van der Waals surface area contributed by atoms with Crippen molar-refractivity contribution in [3.63, 3.8) is 0 Å². The van der Waals surface area contributed by atoms with Crippen molar-refractivity contribution in [1.82, 2.24) is 15.0 Å². The number of nitrogens with one attached hydrogen (secondary N) is 2. The summed E-state index contributed by atoms with van der Waals surface area (Å²) in [6, 6.07) is 9.36. The predicted octanol–water partition coefficient (Wildman–Crippen LogP) is 1.48. The van der Waals surface area contributed by atoms with Gasteiger partial charge in [0.2, 0.25) is 15.9 Å². The van der Waals surface area contributed by atoms with E-state index < -0.39 is 10.0 Å². The zero-order chi connectivity index (χ0) is 20.0. The van der Waals surface area contributed by atoms with Crippen LogP contribution in [-0.2, 0) is 21.3 Å². The largest absolute Gasteiger partial charge is 0.481 e. The molecule has 1 unspecified atom stereocenters. The van der Waals surface area contributed by atoms with Crippen LogP contribution in [0.1, 0.15) is 28.8 Å². The first-order valence-electron chi connectivity index (χ1n) is 8.97. The average Bonchev–Trinajstić information content (AvgIpc) is 3.24. The molecule has 2 N–H and O–H groups in total. The molecule has 2 aromatic rings. The first-order valence-corrected chi connectivity index (χ1v) is 10.5. The molecule has 2 heterocycles. The van der Waals surface area contributed by atoms with Gasteiger partial charge in [-0.15, -0.1) is 0 Å². The van der Waals surface area contributed by atoms with E-state index in [0.29, 0.717) is 18.1 Å². The van der Waals surface area contributed by atoms with Crippen molar-refractivity contribution in [2.75, 3.05) is 20.3 Å². The number of pyridine rings is 1. The van der Waals surface area contributed by atoms with E-state index in [0.717, 1.165) is 18.4 Å². The molecule has 28 heavy (non-hydrogen) atoms. The molecule has 1 aromatic heterocycles. The van der Waals surface area contributed by atoms with Gasteiger partial charge >= 0.3 is 0 Å². The summed E-state index contributed by atoms with van der Waals surface area (Å²) in [5, 5.41) is 2.77. The molecule has 0 radical (unpaired) electrons. The lowest BCUT2D eigenvalue weighted by Crippen LogP contribution is -2.31. The van der Waals surface area contributed by atoms with Crippen molar-refractivity contribution in [3.05, 3.63) is 53.7 Å². The number of sulfonamides is 1. The van der Waals surface area contributed by atoms with Gasteiger partial charge in [0.1, 0.15) is 0 Å². The SMILES string of the molecule is COc1ncccc1CNC(=O)c1ccc(S(=O)(=O)NCC2CCCO2)cc1. The Bertz CT molecular complexity index is 909. The maximum atomic E-state index is 12.4. The molecule has 1 aromatic carbocycles. The zero-order valence-corrected chi connectivity index (χ0v) is 16.4. The zero-order valence-electron chi connectivity index (χ0n) is 15.6. The molecule has 1 aliphatic heterocycles. The van der Waals surface area contributed by atoms with E-state index in [9.17, 15) is 13.2 Å². The molecule has 0 aliphatic carbocycles. The summed E-state index contributed by atoms with van der Waals surface area (Å²) in [4.78, 5) is 16.5. The average molecular weight is 405 g/mol. The molecular weight excluding hydrogens is 382 g/mol. The van der Waals surface area contributed by atoms with Gasteiger partial charge in [-0.25, -0.2) is 18.1 Å². The number of nitrogens with zero attached hydrogens (tertiary/aromatic N) is 1. The topological polar surface area (TPSA) is 107 Å². The quantitative estimate of drug-likeness (QED) is 0.689. The minimum Gasteiger partial charge on any atom is -0.481 e. The molecule has 1 atom stereocenters. The molecule has 3 rings (SSSR count). The van der Waals surface area contributed by atoms with Gasteiger partial charge in [-0.3, -0.25) is 4.79 Å². The summed E-state index contributed by atoms with van der Waals surface area (Å²) < 4.78 is 37.9. The number of aromatic nitrogens is 1. The molecule has 0 spiro atoms. The highest BCUT2D eigenvalue weighted by molar-refractivity contribution is 7.89. The van der Waals surface area contributed by atoms with Gasteiger partial charge in [-0.05, 0) is 43.2 Å². The number of rotatable bonds is 8. The normalized spacial score (nSPS) is 16.7. The van der Waals surface area contributed by atoms with Crippen LogP contribution in [0, 0.1) is 0 Å². The molecule has 8 nitrogen and oxygen atoms in total. The molecule has 1 fully saturated rings. The summed E-state index contributed by atoms with van der Waals surface area (Å²) in [7, 11) is -2.13. The molecule has 1 aliphatic rings. The van der Waals surface area contributed by atoms with Crippen LogP contribution in [0.3, 0.4) is 0 Å². The Kier molecular flexibility index (Phi) is 6.61. The third-order valence-electron chi connectivity index (χ3n) is 4.43. The minimum absolute atomic E-state index is 0.0794. The van der Waals surface area contributed by atoms with Gasteiger partial charge in [0.15, 0.2) is 0 Å². The van der Waals surface area contributed by atoms with Crippen LogP contribution in [0.25, 0.3) is 0 Å². The summed E-state index contributed by atoms with van der Waals surface area (Å²) >= 11 is 0. The standard InChI is InChI=1S/C19H23N3O5S/c1-26-19-15(4-2-10-20-19)12-21-18(23)14-6-8-17(9-7-14)28(24,25)22-13-16-5-3-11-27-16/h2,4,6-10,16,22H,3,5,11-13H2,1H3,(H,21,23). The van der Waals surface area contributed by atoms with E-state index >= 15 is 0 Å². The Hall–Kier alpha value is -2.49. The molecular formula is C19H23N3O5S. The predicted molar refractivity (Wildman–Crippen MR) is 103 cm³/mol. The van der Waals surface area contributed by atoms with E-state index in [4.69, 9.17) is 9.47 Å². The van der Waals surface area contributed by atoms with Crippen molar-refractivity contribution in [1.29, 1.82) is 0 Å². The Labute approximate surface area is 164 Å². The van der Waals surface area contributed by atoms with E-state index in [1.54, 1.807) is 12.3 Å². The fourth-order valence-electron chi connectivity index (χ4n) is 2.90. The second-order valence-electron chi connectivity index (χ2n) is 6.37. The van der Waals surface area contributed by atoms with Crippen molar-refractivity contribution in [3.8, 4) is 5.88 Å². The number of methoxy groups -OCH3 is 1. The van der Waals surface area contributed by atoms with Crippen LogP contribution in [0.4, 0.5) is 0 Å². The van der Waals surface area contributed by atoms with E-state index in [1.165, 1.54) is 31.4 Å². The van der Waals surface area contributed by atoms with Crippen LogP contribution < -0.4 is 14.8 Å². The van der Waals surface area contributed by atoms with Crippen molar-refractivity contribution in [2.45, 2.75) is 30.4 Å². The Balaban J connectivity index is 1.59. The lowest BCUT2D eigenvalue weighted by Gasteiger charge is -2.12. The second-order valence-corrected chi connectivity index (χ2v) is 8.13. The van der Waals surface area contributed by atoms with Crippen molar-refractivity contribution >= 4 is 15.9 Å². The molecule has 0 bridgehead atoms. The van der Waals surface area contributed by atoms with Crippen LogP contribution in [-0.4, -0.2) is 45.7 Å². The lowest BCUT2D eigenvalue weighted by molar-refractivity contribution is 0.0950. The Morgan fingerprint density at radius 2 is 2.07 bits per heavy atom. The Morgan fingerprint density at radius 3 is 2.75 bits per heavy atom. The smallest absolute Gasteiger partial charge is 0.251 e. The second kappa shape index (κ2) is 9.13. The molecule has 1 amide bonds. The van der Waals surface area contributed by atoms with Gasteiger partial charge in [-0.1, -0.05) is 6.07 Å². The van der Waals surface area contributed by atoms with E-state index in [1.807, 2.05) is 6.07 Å². The highest BCUT2D eigenvalue weighted by atomic mass is 32.2. The number of carbonyl (C=O) groups excluding carboxylic acids is 1. The number of hydrogen-bond acceptors (Lipinski definition) is 6. The monoisotopic (exact) mass is 405 g/mol. The maximum Gasteiger partial charge on any atom is 0.251 e. The number of carbonyl (C=O) groups is 1. The maximum absolute atomic E-state index is 12.4. The summed E-state index contributed by atoms with van der Waals surface area (Å²) in [5.74, 6) is 0.128. The van der Waals surface area contributed by atoms with Crippen molar-refractivity contribution < 1.29 is 22.7 Å². The molecule has 1 saturated heterocycles. The first-order chi connectivity index (χ1) is 13.5. The van der Waals surface area contributed by atoms with E-state index in [-0.39, 0.29) is 30.0 Å². The lowest BCUT2D eigenvalue weighted by atomic mass is 10.2. The fraction of sp³-hybridized carbons (Fsp3) is 0.368. The van der Waals surface area contributed by atoms with Crippen LogP contribution in [0.15, 0.2) is 47.5 Å². The minimum atomic E-state index is -3.64. The van der Waals surface area contributed by atoms with Gasteiger partial charge in [-0.2, -0.15) is 0 Å². The number of ether oxygens (including phenoxy) is 2. The van der Waals surface area contributed by atoms with Crippen LogP contribution >= 0.6 is 0 Å². The number of amides is 1. The third kappa shape index (κ3) is 5.06. The van der Waals surface area contributed by atoms with Crippen LogP contribution in [0.2, 0.25) is 0 Å². The summed E-state index contributed by atoms with van der Waals surface area (Å²) in [5.41, 5.74) is 1.11. The first kappa shape index (κ1) is 20.2. The Morgan fingerprint density at radius 1 is 1.29 bits per heavy atom. The van der Waals surface area contributed by atoms with Gasteiger partial charge in [0.25, 0.3) is 5.91 Å². The fourth-order valence-corrected chi connectivity index (χ4v) is 3.96. The van der Waals surface area contributed by atoms with Crippen molar-refractivity contribution in [2.24, 2.45) is 0 Å². The number of hydrogen-bond donors (Lipinski definition) is 2. The molecule has 0 saturated carbocycles. The van der Waals surface area contributed by atoms with Crippen LogP contribution in [0.5, 0.6) is 5.88 Å². The summed E-state index contributed by atoms with van der Waals surface area (Å²) in [6.07, 6.45) is 3.32. The van der Waals surface area contributed by atoms with Gasteiger partial charge < -0.3 is 14.8 Å². The van der Waals surface area contributed by atoms with Gasteiger partial charge in [0.05, 0.1) is 18.1 Å². The summed E-state index contributed by atoms with van der Waals surface area (Å²) in [6.45, 7) is 1.16. The molecule has 9 heteroatoms. The molecule has 150 valence electrons. The highest BCUT2D eigenvalue weighted by Crippen LogP contribution is 2.15.